The maximum absolute atomic E-state index is 11.8. The molecule has 86 valence electrons. The molecule has 0 atom stereocenters. The van der Waals surface area contributed by atoms with Crippen molar-refractivity contribution in [2.45, 2.75) is 19.8 Å². The van der Waals surface area contributed by atoms with Crippen LogP contribution < -0.4 is 11.1 Å². The van der Waals surface area contributed by atoms with Gasteiger partial charge in [0.1, 0.15) is 0 Å². The van der Waals surface area contributed by atoms with E-state index in [9.17, 15) is 4.79 Å². The first-order valence-corrected chi connectivity index (χ1v) is 5.71. The van der Waals surface area contributed by atoms with Crippen LogP contribution in [0.15, 0.2) is 18.2 Å². The molecule has 0 heterocycles. The van der Waals surface area contributed by atoms with Crippen molar-refractivity contribution in [2.24, 2.45) is 5.41 Å². The van der Waals surface area contributed by atoms with E-state index in [-0.39, 0.29) is 5.91 Å². The number of carbonyl (C=O) groups excluding carboxylic acids is 1. The van der Waals surface area contributed by atoms with Crippen molar-refractivity contribution >= 4 is 23.2 Å². The van der Waals surface area contributed by atoms with E-state index in [4.69, 9.17) is 17.3 Å². The van der Waals surface area contributed by atoms with E-state index < -0.39 is 0 Å². The number of amides is 1. The first kappa shape index (κ1) is 11.3. The second kappa shape index (κ2) is 3.98. The lowest BCUT2D eigenvalue weighted by atomic mass is 10.1. The van der Waals surface area contributed by atoms with Gasteiger partial charge in [-0.05, 0) is 36.5 Å². The first-order chi connectivity index (χ1) is 7.50. The van der Waals surface area contributed by atoms with Gasteiger partial charge in [0, 0.05) is 12.1 Å². The number of benzene rings is 1. The quantitative estimate of drug-likeness (QED) is 0.795. The Bertz CT molecular complexity index is 427. The van der Waals surface area contributed by atoms with Crippen LogP contribution >= 0.6 is 11.6 Å². The minimum atomic E-state index is -0.0879. The Morgan fingerprint density at radius 2 is 2.25 bits per heavy atom. The van der Waals surface area contributed by atoms with E-state index in [1.807, 2.05) is 0 Å². The summed E-state index contributed by atoms with van der Waals surface area (Å²) in [5, 5.41) is 3.33. The van der Waals surface area contributed by atoms with Crippen LogP contribution in [-0.4, -0.2) is 12.5 Å². The summed E-state index contributed by atoms with van der Waals surface area (Å²) >= 11 is 5.86. The highest BCUT2D eigenvalue weighted by molar-refractivity contribution is 6.33. The van der Waals surface area contributed by atoms with Gasteiger partial charge in [-0.1, -0.05) is 18.5 Å². The van der Waals surface area contributed by atoms with E-state index in [0.717, 1.165) is 6.54 Å². The normalized spacial score (nSPS) is 16.9. The number of rotatable bonds is 3. The van der Waals surface area contributed by atoms with Gasteiger partial charge in [0.25, 0.3) is 5.91 Å². The lowest BCUT2D eigenvalue weighted by Gasteiger charge is -2.10. The Hall–Kier alpha value is -1.22. The first-order valence-electron chi connectivity index (χ1n) is 5.33. The van der Waals surface area contributed by atoms with E-state index in [2.05, 4.69) is 12.2 Å². The van der Waals surface area contributed by atoms with Gasteiger partial charge in [0.2, 0.25) is 0 Å². The van der Waals surface area contributed by atoms with Gasteiger partial charge in [-0.25, -0.2) is 0 Å². The van der Waals surface area contributed by atoms with Gasteiger partial charge >= 0.3 is 0 Å². The molecular weight excluding hydrogens is 224 g/mol. The molecule has 0 aromatic heterocycles. The van der Waals surface area contributed by atoms with E-state index in [1.54, 1.807) is 18.2 Å². The van der Waals surface area contributed by atoms with Gasteiger partial charge in [-0.15, -0.1) is 0 Å². The van der Waals surface area contributed by atoms with Crippen LogP contribution in [0, 0.1) is 5.41 Å². The van der Waals surface area contributed by atoms with Crippen LogP contribution in [0.25, 0.3) is 0 Å². The van der Waals surface area contributed by atoms with Gasteiger partial charge in [0.15, 0.2) is 0 Å². The lowest BCUT2D eigenvalue weighted by Crippen LogP contribution is -2.28. The molecule has 1 fully saturated rings. The topological polar surface area (TPSA) is 55.1 Å². The zero-order chi connectivity index (χ0) is 11.8. The SMILES string of the molecule is CC1(CNC(=O)c2ccc(N)c(Cl)c2)CC1. The van der Waals surface area contributed by atoms with E-state index in [1.165, 1.54) is 12.8 Å². The number of carbonyl (C=O) groups is 1. The van der Waals surface area contributed by atoms with Gasteiger partial charge in [-0.3, -0.25) is 4.79 Å². The largest absolute Gasteiger partial charge is 0.398 e. The molecule has 16 heavy (non-hydrogen) atoms. The molecule has 1 saturated carbocycles. The number of hydrogen-bond donors (Lipinski definition) is 2. The minimum absolute atomic E-state index is 0.0879. The Morgan fingerprint density at radius 1 is 1.56 bits per heavy atom. The number of nitrogens with one attached hydrogen (secondary N) is 1. The molecule has 3 N–H and O–H groups in total. The fraction of sp³-hybridized carbons (Fsp3) is 0.417. The zero-order valence-electron chi connectivity index (χ0n) is 9.22. The molecule has 1 aliphatic carbocycles. The summed E-state index contributed by atoms with van der Waals surface area (Å²) in [7, 11) is 0. The number of halogens is 1. The summed E-state index contributed by atoms with van der Waals surface area (Å²) in [6.45, 7) is 2.90. The van der Waals surface area contributed by atoms with E-state index >= 15 is 0 Å². The predicted molar refractivity (Wildman–Crippen MR) is 65.5 cm³/mol. The summed E-state index contributed by atoms with van der Waals surface area (Å²) in [6.07, 6.45) is 2.38. The highest BCUT2D eigenvalue weighted by Crippen LogP contribution is 2.44. The highest BCUT2D eigenvalue weighted by Gasteiger charge is 2.37. The van der Waals surface area contributed by atoms with E-state index in [0.29, 0.717) is 21.7 Å². The number of nitrogens with two attached hydrogens (primary N) is 1. The van der Waals surface area contributed by atoms with Gasteiger partial charge in [-0.2, -0.15) is 0 Å². The molecule has 0 radical (unpaired) electrons. The molecule has 0 aliphatic heterocycles. The zero-order valence-corrected chi connectivity index (χ0v) is 9.97. The van der Waals surface area contributed by atoms with Gasteiger partial charge < -0.3 is 11.1 Å². The van der Waals surface area contributed by atoms with Crippen molar-refractivity contribution < 1.29 is 4.79 Å². The highest BCUT2D eigenvalue weighted by atomic mass is 35.5. The second-order valence-corrected chi connectivity index (χ2v) is 5.14. The lowest BCUT2D eigenvalue weighted by molar-refractivity contribution is 0.0946. The molecule has 2 rings (SSSR count). The second-order valence-electron chi connectivity index (χ2n) is 4.73. The summed E-state index contributed by atoms with van der Waals surface area (Å²) in [5.41, 5.74) is 6.94. The molecule has 4 heteroatoms. The third-order valence-electron chi connectivity index (χ3n) is 3.04. The van der Waals surface area contributed by atoms with Crippen molar-refractivity contribution in [2.75, 3.05) is 12.3 Å². The molecule has 1 amide bonds. The molecule has 3 nitrogen and oxygen atoms in total. The number of anilines is 1. The molecule has 0 spiro atoms. The van der Waals surface area contributed by atoms with Crippen molar-refractivity contribution in [3.8, 4) is 0 Å². The molecule has 1 aromatic rings. The van der Waals surface area contributed by atoms with Gasteiger partial charge in [0.05, 0.1) is 10.7 Å². The molecule has 0 unspecified atom stereocenters. The van der Waals surface area contributed by atoms with Crippen molar-refractivity contribution in [1.29, 1.82) is 0 Å². The van der Waals surface area contributed by atoms with Crippen molar-refractivity contribution in [1.82, 2.24) is 5.32 Å². The molecular formula is C12H15ClN2O. The maximum Gasteiger partial charge on any atom is 0.251 e. The van der Waals surface area contributed by atoms with Crippen molar-refractivity contribution in [3.63, 3.8) is 0 Å². The predicted octanol–water partition coefficient (Wildman–Crippen LogP) is 2.45. The van der Waals surface area contributed by atoms with Crippen LogP contribution in [-0.2, 0) is 0 Å². The van der Waals surface area contributed by atoms with Crippen LogP contribution in [0.5, 0.6) is 0 Å². The number of nitrogen functional groups attached to an aromatic ring is 1. The van der Waals surface area contributed by atoms with Crippen LogP contribution in [0.1, 0.15) is 30.1 Å². The van der Waals surface area contributed by atoms with Crippen LogP contribution in [0.2, 0.25) is 5.02 Å². The minimum Gasteiger partial charge on any atom is -0.398 e. The van der Waals surface area contributed by atoms with Crippen LogP contribution in [0.3, 0.4) is 0 Å². The van der Waals surface area contributed by atoms with Crippen molar-refractivity contribution in [3.05, 3.63) is 28.8 Å². The summed E-state index contributed by atoms with van der Waals surface area (Å²) < 4.78 is 0. The summed E-state index contributed by atoms with van der Waals surface area (Å²) in [5.74, 6) is -0.0879. The summed E-state index contributed by atoms with van der Waals surface area (Å²) in [4.78, 5) is 11.8. The fourth-order valence-electron chi connectivity index (χ4n) is 1.45. The Morgan fingerprint density at radius 3 is 2.81 bits per heavy atom. The fourth-order valence-corrected chi connectivity index (χ4v) is 1.63. The average Bonchev–Trinajstić information content (AvgIpc) is 2.98. The number of hydrogen-bond acceptors (Lipinski definition) is 2. The molecule has 0 saturated heterocycles. The molecule has 0 bridgehead atoms. The molecule has 1 aromatic carbocycles. The Balaban J connectivity index is 2.00. The third kappa shape index (κ3) is 2.47. The monoisotopic (exact) mass is 238 g/mol. The maximum atomic E-state index is 11.8. The third-order valence-corrected chi connectivity index (χ3v) is 3.37. The standard InChI is InChI=1S/C12H15ClN2O/c1-12(4-5-12)7-15-11(16)8-2-3-10(14)9(13)6-8/h2-3,6H,4-5,7,14H2,1H3,(H,15,16). The summed E-state index contributed by atoms with van der Waals surface area (Å²) in [6, 6.07) is 4.93. The molecule has 1 aliphatic rings. The smallest absolute Gasteiger partial charge is 0.251 e. The Labute approximate surface area is 100.0 Å². The Kier molecular flexibility index (Phi) is 2.80. The average molecular weight is 239 g/mol. The van der Waals surface area contributed by atoms with Crippen LogP contribution in [0.4, 0.5) is 5.69 Å².